The van der Waals surface area contributed by atoms with Gasteiger partial charge in [-0.3, -0.25) is 4.98 Å². The molecular weight excluding hydrogens is 122 g/mol. The smallest absolute Gasteiger partial charge is 0.0346 e. The van der Waals surface area contributed by atoms with Gasteiger partial charge in [-0.25, -0.2) is 0 Å². The second-order valence-corrected chi connectivity index (χ2v) is 1.89. The molecule has 1 aromatic rings. The molecule has 0 amide bonds. The van der Waals surface area contributed by atoms with Crippen molar-refractivity contribution >= 4 is 6.08 Å². The van der Waals surface area contributed by atoms with E-state index in [9.17, 15) is 0 Å². The molecule has 1 nitrogen and oxygen atoms in total. The van der Waals surface area contributed by atoms with Crippen LogP contribution in [0.4, 0.5) is 0 Å². The number of hydrogen-bond donors (Lipinski definition) is 0. The minimum Gasteiger partial charge on any atom is -0.264 e. The van der Waals surface area contributed by atoms with Gasteiger partial charge >= 0.3 is 0 Å². The fourth-order valence-corrected chi connectivity index (χ4v) is 0.641. The predicted octanol–water partition coefficient (Wildman–Crippen LogP) is 2.27. The lowest BCUT2D eigenvalue weighted by Gasteiger charge is -1.84. The molecule has 0 aliphatic carbocycles. The first-order chi connectivity index (χ1) is 4.93. The third-order valence-corrected chi connectivity index (χ3v) is 1.10. The Bertz CT molecular complexity index is 243. The highest BCUT2D eigenvalue weighted by atomic mass is 14.6. The quantitative estimate of drug-likeness (QED) is 0.533. The van der Waals surface area contributed by atoms with E-state index < -0.39 is 0 Å². The van der Waals surface area contributed by atoms with E-state index in [1.165, 1.54) is 0 Å². The maximum Gasteiger partial charge on any atom is 0.0346 e. The zero-order valence-electron chi connectivity index (χ0n) is 5.91. The molecule has 0 N–H and O–H groups in total. The topological polar surface area (TPSA) is 12.9 Å². The van der Waals surface area contributed by atoms with Crippen LogP contribution in [0.5, 0.6) is 0 Å². The number of aromatic nitrogens is 1. The standard InChI is InChI=1S/C9H9N/c1-2-3-5-9-6-4-7-10-8-9/h2,4-8H,1H3. The molecule has 0 atom stereocenters. The molecule has 0 aromatic carbocycles. The highest BCUT2D eigenvalue weighted by Crippen LogP contribution is 1.95. The van der Waals surface area contributed by atoms with Gasteiger partial charge in [0.15, 0.2) is 0 Å². The zero-order valence-corrected chi connectivity index (χ0v) is 5.91. The summed E-state index contributed by atoms with van der Waals surface area (Å²) in [4.78, 5) is 3.95. The van der Waals surface area contributed by atoms with Gasteiger partial charge in [-0.05, 0) is 25.1 Å². The van der Waals surface area contributed by atoms with E-state index in [1.54, 1.807) is 12.4 Å². The molecule has 50 valence electrons. The molecule has 1 heteroatoms. The SMILES string of the molecule is CC=C=Cc1cccnc1. The van der Waals surface area contributed by atoms with Crippen LogP contribution in [0, 0.1) is 0 Å². The first kappa shape index (κ1) is 6.79. The molecule has 0 spiro atoms. The average molecular weight is 131 g/mol. The van der Waals surface area contributed by atoms with E-state index in [1.807, 2.05) is 31.2 Å². The summed E-state index contributed by atoms with van der Waals surface area (Å²) in [6.07, 6.45) is 7.32. The fraction of sp³-hybridized carbons (Fsp3) is 0.111. The fourth-order valence-electron chi connectivity index (χ4n) is 0.641. The molecule has 0 fully saturated rings. The molecule has 0 radical (unpaired) electrons. The number of allylic oxidation sites excluding steroid dienone is 1. The summed E-state index contributed by atoms with van der Waals surface area (Å²) in [5, 5.41) is 0. The van der Waals surface area contributed by atoms with Crippen LogP contribution in [0.3, 0.4) is 0 Å². The maximum atomic E-state index is 3.95. The molecular formula is C9H9N. The molecule has 0 unspecified atom stereocenters. The Kier molecular flexibility index (Phi) is 2.48. The van der Waals surface area contributed by atoms with Crippen LogP contribution >= 0.6 is 0 Å². The number of nitrogens with zero attached hydrogens (tertiary/aromatic N) is 1. The highest BCUT2D eigenvalue weighted by molar-refractivity contribution is 5.46. The maximum absolute atomic E-state index is 3.95. The zero-order chi connectivity index (χ0) is 7.23. The minimum atomic E-state index is 1.08. The lowest BCUT2D eigenvalue weighted by molar-refractivity contribution is 1.32. The van der Waals surface area contributed by atoms with Crippen LogP contribution in [-0.4, -0.2) is 4.98 Å². The van der Waals surface area contributed by atoms with Gasteiger partial charge in [0.2, 0.25) is 0 Å². The van der Waals surface area contributed by atoms with Gasteiger partial charge in [0.25, 0.3) is 0 Å². The first-order valence-corrected chi connectivity index (χ1v) is 3.20. The Morgan fingerprint density at radius 1 is 1.60 bits per heavy atom. The van der Waals surface area contributed by atoms with Crippen LogP contribution in [0.1, 0.15) is 12.5 Å². The van der Waals surface area contributed by atoms with Crippen molar-refractivity contribution in [1.82, 2.24) is 4.98 Å². The molecule has 0 aliphatic heterocycles. The lowest BCUT2D eigenvalue weighted by Crippen LogP contribution is -1.70. The second-order valence-electron chi connectivity index (χ2n) is 1.89. The van der Waals surface area contributed by atoms with E-state index in [4.69, 9.17) is 0 Å². The summed E-state index contributed by atoms with van der Waals surface area (Å²) < 4.78 is 0. The summed E-state index contributed by atoms with van der Waals surface area (Å²) in [5.41, 5.74) is 4.06. The number of pyridine rings is 1. The van der Waals surface area contributed by atoms with Crippen molar-refractivity contribution in [2.45, 2.75) is 6.92 Å². The number of rotatable bonds is 1. The van der Waals surface area contributed by atoms with Crippen molar-refractivity contribution in [1.29, 1.82) is 0 Å². The Balaban J connectivity index is 2.87. The Morgan fingerprint density at radius 2 is 2.50 bits per heavy atom. The van der Waals surface area contributed by atoms with Crippen molar-refractivity contribution in [3.63, 3.8) is 0 Å². The molecule has 1 heterocycles. The first-order valence-electron chi connectivity index (χ1n) is 3.20. The molecule has 1 aromatic heterocycles. The molecule has 1 rings (SSSR count). The van der Waals surface area contributed by atoms with Crippen LogP contribution in [0.2, 0.25) is 0 Å². The van der Waals surface area contributed by atoms with Gasteiger partial charge in [0, 0.05) is 18.0 Å². The van der Waals surface area contributed by atoms with Gasteiger partial charge in [-0.1, -0.05) is 6.07 Å². The summed E-state index contributed by atoms with van der Waals surface area (Å²) in [6.45, 7) is 1.94. The van der Waals surface area contributed by atoms with Gasteiger partial charge in [-0.2, -0.15) is 0 Å². The van der Waals surface area contributed by atoms with Crippen LogP contribution in [-0.2, 0) is 0 Å². The predicted molar refractivity (Wildman–Crippen MR) is 42.5 cm³/mol. The van der Waals surface area contributed by atoms with Gasteiger partial charge in [-0.15, -0.1) is 5.73 Å². The van der Waals surface area contributed by atoms with E-state index in [0.29, 0.717) is 0 Å². The average Bonchev–Trinajstić information content (AvgIpc) is 2.03. The van der Waals surface area contributed by atoms with Crippen LogP contribution < -0.4 is 0 Å². The molecule has 0 saturated carbocycles. The third-order valence-electron chi connectivity index (χ3n) is 1.10. The molecule has 0 bridgehead atoms. The monoisotopic (exact) mass is 131 g/mol. The Hall–Kier alpha value is -1.33. The Labute approximate surface area is 60.7 Å². The lowest BCUT2D eigenvalue weighted by atomic mass is 10.3. The van der Waals surface area contributed by atoms with Crippen molar-refractivity contribution in [3.8, 4) is 0 Å². The number of hydrogen-bond acceptors (Lipinski definition) is 1. The van der Waals surface area contributed by atoms with Crippen molar-refractivity contribution < 1.29 is 0 Å². The van der Waals surface area contributed by atoms with Crippen LogP contribution in [0.25, 0.3) is 6.08 Å². The van der Waals surface area contributed by atoms with E-state index in [0.717, 1.165) is 5.56 Å². The van der Waals surface area contributed by atoms with Gasteiger partial charge < -0.3 is 0 Å². The largest absolute Gasteiger partial charge is 0.264 e. The summed E-state index contributed by atoms with van der Waals surface area (Å²) >= 11 is 0. The summed E-state index contributed by atoms with van der Waals surface area (Å²) in [5.74, 6) is 0. The van der Waals surface area contributed by atoms with Gasteiger partial charge in [0.05, 0.1) is 0 Å². The van der Waals surface area contributed by atoms with E-state index in [-0.39, 0.29) is 0 Å². The molecule has 10 heavy (non-hydrogen) atoms. The third kappa shape index (κ3) is 1.88. The van der Waals surface area contributed by atoms with Crippen molar-refractivity contribution in [2.24, 2.45) is 0 Å². The van der Waals surface area contributed by atoms with Crippen LogP contribution in [0.15, 0.2) is 36.3 Å². The molecule has 0 saturated heterocycles. The highest BCUT2D eigenvalue weighted by Gasteiger charge is 1.78. The normalized spacial score (nSPS) is 8.10. The van der Waals surface area contributed by atoms with E-state index >= 15 is 0 Å². The van der Waals surface area contributed by atoms with E-state index in [2.05, 4.69) is 10.7 Å². The van der Waals surface area contributed by atoms with Crippen molar-refractivity contribution in [2.75, 3.05) is 0 Å². The molecule has 0 aliphatic rings. The minimum absolute atomic E-state index is 1.08. The Morgan fingerprint density at radius 3 is 3.10 bits per heavy atom. The van der Waals surface area contributed by atoms with Crippen molar-refractivity contribution in [3.05, 3.63) is 41.9 Å². The summed E-state index contributed by atoms with van der Waals surface area (Å²) in [6, 6.07) is 3.90. The summed E-state index contributed by atoms with van der Waals surface area (Å²) in [7, 11) is 0. The second kappa shape index (κ2) is 3.65. The van der Waals surface area contributed by atoms with Gasteiger partial charge in [0.1, 0.15) is 0 Å².